The summed E-state index contributed by atoms with van der Waals surface area (Å²) in [6.45, 7) is 1.22. The Morgan fingerprint density at radius 2 is 1.90 bits per heavy atom. The molecule has 0 bridgehead atoms. The molecule has 1 aromatic rings. The minimum Gasteiger partial charge on any atom is -0.480 e. The fraction of sp³-hybridized carbons (Fsp3) is 0.462. The number of nitrogens with two attached hydrogens (primary N) is 1. The van der Waals surface area contributed by atoms with Crippen LogP contribution in [0.1, 0.15) is 11.7 Å². The molecule has 1 rings (SSSR count). The Kier molecular flexibility index (Phi) is 7.09. The molecule has 0 spiro atoms. The molecule has 0 saturated heterocycles. The number of benzene rings is 1. The second kappa shape index (κ2) is 8.32. The van der Waals surface area contributed by atoms with Crippen molar-refractivity contribution in [3.63, 3.8) is 0 Å². The maximum atomic E-state index is 10.8. The first-order chi connectivity index (χ1) is 9.51. The smallest absolute Gasteiger partial charge is 0.323 e. The van der Waals surface area contributed by atoms with Gasteiger partial charge in [-0.25, -0.2) is 0 Å². The third-order valence-electron chi connectivity index (χ3n) is 2.91. The molecule has 1 aromatic carbocycles. The van der Waals surface area contributed by atoms with Gasteiger partial charge >= 0.3 is 5.97 Å². The van der Waals surface area contributed by atoms with E-state index in [4.69, 9.17) is 34.0 Å². The minimum absolute atomic E-state index is 0.443. The van der Waals surface area contributed by atoms with E-state index in [1.165, 1.54) is 0 Å². The highest BCUT2D eigenvalue weighted by Crippen LogP contribution is 2.22. The van der Waals surface area contributed by atoms with Gasteiger partial charge in [0.15, 0.2) is 0 Å². The Hall–Kier alpha value is -1.01. The Balaban J connectivity index is 2.96. The second-order valence-electron chi connectivity index (χ2n) is 4.27. The van der Waals surface area contributed by atoms with Gasteiger partial charge in [-0.1, -0.05) is 12.1 Å². The van der Waals surface area contributed by atoms with Crippen LogP contribution in [0.5, 0.6) is 0 Å². The number of alkyl halides is 2. The van der Waals surface area contributed by atoms with Crippen molar-refractivity contribution in [1.82, 2.24) is 0 Å². The Bertz CT molecular complexity index is 439. The molecule has 0 aliphatic heterocycles. The molecule has 0 aliphatic carbocycles. The molecule has 112 valence electrons. The number of hydrogen-bond acceptors (Lipinski definition) is 4. The van der Waals surface area contributed by atoms with Crippen LogP contribution in [0.25, 0.3) is 0 Å². The summed E-state index contributed by atoms with van der Waals surface area (Å²) in [7, 11) is 0. The van der Waals surface area contributed by atoms with Crippen LogP contribution in [-0.4, -0.2) is 47.1 Å². The maximum absolute atomic E-state index is 10.8. The molecule has 2 unspecified atom stereocenters. The third-order valence-corrected chi connectivity index (χ3v) is 3.25. The lowest BCUT2D eigenvalue weighted by atomic mass is 10.0. The van der Waals surface area contributed by atoms with Crippen molar-refractivity contribution in [3.05, 3.63) is 29.8 Å². The average Bonchev–Trinajstić information content (AvgIpc) is 2.45. The molecular formula is C13H18Cl2N2O3. The normalized spacial score (nSPS) is 13.8. The molecule has 0 aromatic heterocycles. The zero-order chi connectivity index (χ0) is 15.1. The highest BCUT2D eigenvalue weighted by molar-refractivity contribution is 6.18. The molecule has 0 fully saturated rings. The highest BCUT2D eigenvalue weighted by atomic mass is 35.5. The van der Waals surface area contributed by atoms with Crippen molar-refractivity contribution < 1.29 is 15.0 Å². The SMILES string of the molecule is NC(C(=O)O)C(O)c1cccc(N(CCCl)CCCl)c1. The highest BCUT2D eigenvalue weighted by Gasteiger charge is 2.23. The second-order valence-corrected chi connectivity index (χ2v) is 5.02. The predicted octanol–water partition coefficient (Wildman–Crippen LogP) is 1.42. The van der Waals surface area contributed by atoms with Crippen LogP contribution in [0.15, 0.2) is 24.3 Å². The van der Waals surface area contributed by atoms with Crippen molar-refractivity contribution in [2.75, 3.05) is 29.7 Å². The van der Waals surface area contributed by atoms with Gasteiger partial charge in [-0.05, 0) is 17.7 Å². The molecule has 2 atom stereocenters. The number of anilines is 1. The number of hydrogen-bond donors (Lipinski definition) is 3. The topological polar surface area (TPSA) is 86.8 Å². The fourth-order valence-corrected chi connectivity index (χ4v) is 2.23. The van der Waals surface area contributed by atoms with Gasteiger partial charge in [-0.2, -0.15) is 0 Å². The van der Waals surface area contributed by atoms with Crippen molar-refractivity contribution >= 4 is 34.9 Å². The van der Waals surface area contributed by atoms with Crippen LogP contribution in [0.3, 0.4) is 0 Å². The lowest BCUT2D eigenvalue weighted by Crippen LogP contribution is -2.36. The van der Waals surface area contributed by atoms with E-state index in [0.717, 1.165) is 5.69 Å². The van der Waals surface area contributed by atoms with Gasteiger partial charge in [0.2, 0.25) is 0 Å². The van der Waals surface area contributed by atoms with Crippen molar-refractivity contribution in [2.24, 2.45) is 5.73 Å². The van der Waals surface area contributed by atoms with E-state index in [1.54, 1.807) is 18.2 Å². The van der Waals surface area contributed by atoms with Crippen LogP contribution >= 0.6 is 23.2 Å². The molecule has 0 amide bonds. The van der Waals surface area contributed by atoms with Crippen molar-refractivity contribution in [1.29, 1.82) is 0 Å². The summed E-state index contributed by atoms with van der Waals surface area (Å²) in [4.78, 5) is 12.8. The number of rotatable bonds is 8. The molecule has 4 N–H and O–H groups in total. The van der Waals surface area contributed by atoms with E-state index < -0.39 is 18.1 Å². The summed E-state index contributed by atoms with van der Waals surface area (Å²) in [5.74, 6) is -0.363. The lowest BCUT2D eigenvalue weighted by molar-refractivity contribution is -0.141. The molecule has 7 heteroatoms. The van der Waals surface area contributed by atoms with E-state index in [9.17, 15) is 9.90 Å². The van der Waals surface area contributed by atoms with Crippen molar-refractivity contribution in [2.45, 2.75) is 12.1 Å². The number of aliphatic hydroxyl groups excluding tert-OH is 1. The summed E-state index contributed by atoms with van der Waals surface area (Å²) in [6.07, 6.45) is -1.26. The van der Waals surface area contributed by atoms with E-state index in [2.05, 4.69) is 0 Å². The summed E-state index contributed by atoms with van der Waals surface area (Å²) >= 11 is 11.5. The molecule has 20 heavy (non-hydrogen) atoms. The Morgan fingerprint density at radius 3 is 2.40 bits per heavy atom. The third kappa shape index (κ3) is 4.52. The monoisotopic (exact) mass is 320 g/mol. The van der Waals surface area contributed by atoms with Gasteiger partial charge in [0.1, 0.15) is 12.1 Å². The molecular weight excluding hydrogens is 303 g/mol. The van der Waals surface area contributed by atoms with E-state index in [0.29, 0.717) is 30.4 Å². The summed E-state index contributed by atoms with van der Waals surface area (Å²) < 4.78 is 0. The minimum atomic E-state index is -1.36. The molecule has 0 saturated carbocycles. The van der Waals surface area contributed by atoms with Gasteiger partial charge < -0.3 is 20.8 Å². The van der Waals surface area contributed by atoms with E-state index >= 15 is 0 Å². The average molecular weight is 321 g/mol. The Labute approximate surface area is 127 Å². The van der Waals surface area contributed by atoms with Crippen molar-refractivity contribution in [3.8, 4) is 0 Å². The van der Waals surface area contributed by atoms with Crippen LogP contribution in [-0.2, 0) is 4.79 Å². The first-order valence-corrected chi connectivity index (χ1v) is 7.21. The van der Waals surface area contributed by atoms with E-state index in [-0.39, 0.29) is 0 Å². The molecule has 0 radical (unpaired) electrons. The van der Waals surface area contributed by atoms with Gasteiger partial charge in [0.25, 0.3) is 0 Å². The Morgan fingerprint density at radius 1 is 1.30 bits per heavy atom. The predicted molar refractivity (Wildman–Crippen MR) is 80.7 cm³/mol. The van der Waals surface area contributed by atoms with Gasteiger partial charge in [-0.15, -0.1) is 23.2 Å². The number of carboxylic acid groups (broad SMARTS) is 1. The van der Waals surface area contributed by atoms with Gasteiger partial charge in [-0.3, -0.25) is 4.79 Å². The number of halogens is 2. The number of aliphatic carboxylic acids is 1. The molecule has 5 nitrogen and oxygen atoms in total. The quantitative estimate of drug-likeness (QED) is 0.630. The fourth-order valence-electron chi connectivity index (χ4n) is 1.82. The van der Waals surface area contributed by atoms with Crippen LogP contribution < -0.4 is 10.6 Å². The molecule has 0 heterocycles. The van der Waals surface area contributed by atoms with Gasteiger partial charge in [0.05, 0.1) is 0 Å². The first kappa shape index (κ1) is 17.0. The number of nitrogens with zero attached hydrogens (tertiary/aromatic N) is 1. The van der Waals surface area contributed by atoms with Crippen LogP contribution in [0.2, 0.25) is 0 Å². The summed E-state index contributed by atoms with van der Waals surface area (Å²) in [5.41, 5.74) is 6.70. The lowest BCUT2D eigenvalue weighted by Gasteiger charge is -2.24. The zero-order valence-corrected chi connectivity index (χ0v) is 12.4. The summed E-state index contributed by atoms with van der Waals surface area (Å²) in [6, 6.07) is 5.56. The largest absolute Gasteiger partial charge is 0.480 e. The summed E-state index contributed by atoms with van der Waals surface area (Å²) in [5, 5.41) is 18.8. The number of carboxylic acids is 1. The first-order valence-electron chi connectivity index (χ1n) is 6.14. The van der Waals surface area contributed by atoms with E-state index in [1.807, 2.05) is 11.0 Å². The standard InChI is InChI=1S/C13H18Cl2N2O3/c14-4-6-17(7-5-15)10-3-1-2-9(8-10)12(18)11(16)13(19)20/h1-3,8,11-12,18H,4-7,16H2,(H,19,20). The molecule has 0 aliphatic rings. The van der Waals surface area contributed by atoms with Crippen LogP contribution in [0, 0.1) is 0 Å². The van der Waals surface area contributed by atoms with Crippen LogP contribution in [0.4, 0.5) is 5.69 Å². The number of carbonyl (C=O) groups is 1. The maximum Gasteiger partial charge on any atom is 0.323 e. The zero-order valence-electron chi connectivity index (χ0n) is 10.9. The van der Waals surface area contributed by atoms with Gasteiger partial charge in [0, 0.05) is 30.5 Å². The number of aliphatic hydroxyl groups is 1.